The molecule has 0 fully saturated rings. The first-order chi connectivity index (χ1) is 7.31. The number of allylic oxidation sites excluding steroid dienone is 1. The highest BCUT2D eigenvalue weighted by Gasteiger charge is 2.06. The van der Waals surface area contributed by atoms with Gasteiger partial charge in [-0.2, -0.15) is 0 Å². The SMILES string of the molecule is C=CCc1ccc(OO[Si]O)c(OC)c1. The van der Waals surface area contributed by atoms with Crippen molar-refractivity contribution in [1.29, 1.82) is 0 Å². The Morgan fingerprint density at radius 1 is 1.47 bits per heavy atom. The van der Waals surface area contributed by atoms with Crippen molar-refractivity contribution in [1.82, 2.24) is 0 Å². The van der Waals surface area contributed by atoms with Crippen LogP contribution in [0.3, 0.4) is 0 Å². The van der Waals surface area contributed by atoms with Crippen LogP contribution in [0.1, 0.15) is 5.56 Å². The van der Waals surface area contributed by atoms with E-state index in [1.807, 2.05) is 12.1 Å². The van der Waals surface area contributed by atoms with Crippen LogP contribution in [-0.2, 0) is 11.0 Å². The second-order valence-electron chi connectivity index (χ2n) is 2.74. The number of benzene rings is 1. The van der Waals surface area contributed by atoms with Gasteiger partial charge in [-0.25, -0.2) is 4.58 Å². The molecule has 0 aliphatic rings. The van der Waals surface area contributed by atoms with Crippen molar-refractivity contribution >= 4 is 10.0 Å². The van der Waals surface area contributed by atoms with Crippen LogP contribution < -0.4 is 9.62 Å². The fraction of sp³-hybridized carbons (Fsp3) is 0.200. The van der Waals surface area contributed by atoms with Crippen molar-refractivity contribution in [2.24, 2.45) is 0 Å². The third-order valence-electron chi connectivity index (χ3n) is 1.78. The third kappa shape index (κ3) is 3.39. The topological polar surface area (TPSA) is 47.9 Å². The zero-order valence-electron chi connectivity index (χ0n) is 8.40. The zero-order chi connectivity index (χ0) is 11.1. The van der Waals surface area contributed by atoms with Crippen molar-refractivity contribution < 1.29 is 19.0 Å². The van der Waals surface area contributed by atoms with Gasteiger partial charge in [0.1, 0.15) is 0 Å². The largest absolute Gasteiger partial charge is 0.493 e. The van der Waals surface area contributed by atoms with Crippen LogP contribution in [0.15, 0.2) is 30.9 Å². The maximum Gasteiger partial charge on any atom is 0.488 e. The first kappa shape index (κ1) is 11.8. The lowest BCUT2D eigenvalue weighted by Gasteiger charge is -2.08. The number of ether oxygens (including phenoxy) is 1. The van der Waals surface area contributed by atoms with E-state index >= 15 is 0 Å². The maximum absolute atomic E-state index is 8.46. The van der Waals surface area contributed by atoms with Crippen molar-refractivity contribution in [2.45, 2.75) is 6.42 Å². The van der Waals surface area contributed by atoms with Crippen LogP contribution in [-0.4, -0.2) is 21.9 Å². The van der Waals surface area contributed by atoms with Crippen molar-refractivity contribution in [3.8, 4) is 11.5 Å². The molecule has 1 rings (SSSR count). The highest BCUT2D eigenvalue weighted by molar-refractivity contribution is 6.15. The van der Waals surface area contributed by atoms with E-state index in [0.29, 0.717) is 11.5 Å². The molecular formula is C10H12O4Si. The van der Waals surface area contributed by atoms with Gasteiger partial charge in [0, 0.05) is 0 Å². The summed E-state index contributed by atoms with van der Waals surface area (Å²) in [5, 5.41) is 0. The van der Waals surface area contributed by atoms with E-state index in [1.165, 1.54) is 0 Å². The minimum Gasteiger partial charge on any atom is -0.493 e. The van der Waals surface area contributed by atoms with E-state index in [-0.39, 0.29) is 0 Å². The van der Waals surface area contributed by atoms with E-state index in [4.69, 9.17) is 14.4 Å². The fourth-order valence-corrected chi connectivity index (χ4v) is 1.27. The molecule has 15 heavy (non-hydrogen) atoms. The molecule has 5 heteroatoms. The molecule has 80 valence electrons. The molecule has 0 aliphatic carbocycles. The highest BCUT2D eigenvalue weighted by atomic mass is 28.2. The molecule has 0 atom stereocenters. The van der Waals surface area contributed by atoms with Crippen molar-refractivity contribution in [3.05, 3.63) is 36.4 Å². The van der Waals surface area contributed by atoms with Gasteiger partial charge in [-0.15, -0.1) is 6.58 Å². The Balaban J connectivity index is 2.82. The van der Waals surface area contributed by atoms with Crippen molar-refractivity contribution in [2.75, 3.05) is 7.11 Å². The molecule has 0 saturated heterocycles. The van der Waals surface area contributed by atoms with Gasteiger partial charge in [0.05, 0.1) is 7.11 Å². The first-order valence-corrected chi connectivity index (χ1v) is 5.17. The van der Waals surface area contributed by atoms with Gasteiger partial charge in [0.25, 0.3) is 0 Å². The standard InChI is InChI=1S/C10H12O4Si/c1-3-4-8-5-6-9(13-14-15-11)10(7-8)12-2/h3,5-7,11H,1,4H2,2H3. The fourth-order valence-electron chi connectivity index (χ4n) is 1.14. The van der Waals surface area contributed by atoms with Crippen LogP contribution in [0.25, 0.3) is 0 Å². The Morgan fingerprint density at radius 3 is 2.87 bits per heavy atom. The Bertz CT molecular complexity index is 327. The summed E-state index contributed by atoms with van der Waals surface area (Å²) in [6.45, 7) is 3.65. The lowest BCUT2D eigenvalue weighted by atomic mass is 10.1. The first-order valence-electron chi connectivity index (χ1n) is 4.32. The van der Waals surface area contributed by atoms with Gasteiger partial charge in [-0.3, -0.25) is 0 Å². The lowest BCUT2D eigenvalue weighted by molar-refractivity contribution is -0.113. The van der Waals surface area contributed by atoms with E-state index in [2.05, 4.69) is 11.2 Å². The number of rotatable bonds is 6. The van der Waals surface area contributed by atoms with Crippen LogP contribution in [0.2, 0.25) is 0 Å². The normalized spacial score (nSPS) is 9.73. The highest BCUT2D eigenvalue weighted by Crippen LogP contribution is 2.28. The van der Waals surface area contributed by atoms with Crippen LogP contribution in [0, 0.1) is 0 Å². The molecule has 1 N–H and O–H groups in total. The molecule has 4 nitrogen and oxygen atoms in total. The number of methoxy groups -OCH3 is 1. The Kier molecular flexibility index (Phi) is 4.89. The summed E-state index contributed by atoms with van der Waals surface area (Å²) < 4.78 is 9.56. The molecule has 0 amide bonds. The van der Waals surface area contributed by atoms with Gasteiger partial charge in [-0.05, 0) is 24.1 Å². The summed E-state index contributed by atoms with van der Waals surface area (Å²) >= 11 is 0. The number of hydrogen-bond acceptors (Lipinski definition) is 4. The van der Waals surface area contributed by atoms with Crippen LogP contribution >= 0.6 is 0 Å². The van der Waals surface area contributed by atoms with E-state index in [0.717, 1.165) is 12.0 Å². The van der Waals surface area contributed by atoms with E-state index in [1.54, 1.807) is 19.3 Å². The zero-order valence-corrected chi connectivity index (χ0v) is 9.40. The Morgan fingerprint density at radius 2 is 2.27 bits per heavy atom. The van der Waals surface area contributed by atoms with Gasteiger partial charge in [-0.1, -0.05) is 12.1 Å². The molecule has 0 bridgehead atoms. The molecule has 0 heterocycles. The number of hydrogen-bond donors (Lipinski definition) is 1. The molecule has 1 aromatic carbocycles. The predicted molar refractivity (Wildman–Crippen MR) is 56.6 cm³/mol. The summed E-state index contributed by atoms with van der Waals surface area (Å²) in [6.07, 6.45) is 2.57. The summed E-state index contributed by atoms with van der Waals surface area (Å²) in [6, 6.07) is 5.43. The summed E-state index contributed by atoms with van der Waals surface area (Å²) in [7, 11) is 0.827. The molecule has 1 aromatic rings. The smallest absolute Gasteiger partial charge is 0.488 e. The summed E-state index contributed by atoms with van der Waals surface area (Å²) in [4.78, 5) is 13.3. The van der Waals surface area contributed by atoms with Gasteiger partial charge in [0.15, 0.2) is 5.75 Å². The average molecular weight is 224 g/mol. The molecule has 0 spiro atoms. The average Bonchev–Trinajstić information content (AvgIpc) is 2.27. The Hall–Kier alpha value is -1.30. The molecule has 2 radical (unpaired) electrons. The third-order valence-corrected chi connectivity index (χ3v) is 1.93. The lowest BCUT2D eigenvalue weighted by Crippen LogP contribution is -2.03. The summed E-state index contributed by atoms with van der Waals surface area (Å²) in [5.41, 5.74) is 1.07. The van der Waals surface area contributed by atoms with Crippen LogP contribution in [0.4, 0.5) is 0 Å². The quantitative estimate of drug-likeness (QED) is 0.342. The molecule has 0 unspecified atom stereocenters. The van der Waals surface area contributed by atoms with E-state index < -0.39 is 10.0 Å². The predicted octanol–water partition coefficient (Wildman–Crippen LogP) is 1.26. The maximum atomic E-state index is 8.46. The van der Waals surface area contributed by atoms with Gasteiger partial charge >= 0.3 is 10.0 Å². The molecular weight excluding hydrogens is 212 g/mol. The monoisotopic (exact) mass is 224 g/mol. The van der Waals surface area contributed by atoms with Crippen molar-refractivity contribution in [3.63, 3.8) is 0 Å². The second-order valence-corrected chi connectivity index (χ2v) is 3.09. The van der Waals surface area contributed by atoms with E-state index in [9.17, 15) is 0 Å². The molecule has 0 aromatic heterocycles. The minimum absolute atomic E-state index is 0.437. The van der Waals surface area contributed by atoms with Crippen LogP contribution in [0.5, 0.6) is 11.5 Å². The second kappa shape index (κ2) is 6.23. The molecule has 0 aliphatic heterocycles. The van der Waals surface area contributed by atoms with Gasteiger partial charge in [0.2, 0.25) is 5.75 Å². The Labute approximate surface area is 91.1 Å². The molecule has 0 saturated carbocycles. The van der Waals surface area contributed by atoms with Gasteiger partial charge < -0.3 is 14.4 Å². The minimum atomic E-state index is -0.715. The summed E-state index contributed by atoms with van der Waals surface area (Å²) in [5.74, 6) is 1.000.